The molecule has 2 nitrogen and oxygen atoms in total. The molecule has 0 saturated heterocycles. The lowest BCUT2D eigenvalue weighted by Crippen LogP contribution is -2.12. The van der Waals surface area contributed by atoms with Gasteiger partial charge >= 0.3 is 0 Å². The van der Waals surface area contributed by atoms with Gasteiger partial charge in [0.25, 0.3) is 0 Å². The van der Waals surface area contributed by atoms with Gasteiger partial charge in [0.15, 0.2) is 0 Å². The van der Waals surface area contributed by atoms with Crippen LogP contribution in [0.1, 0.15) is 0 Å². The van der Waals surface area contributed by atoms with Crippen LogP contribution in [0, 0.1) is 0 Å². The summed E-state index contributed by atoms with van der Waals surface area (Å²) in [5, 5.41) is 3.32. The molecule has 0 aliphatic heterocycles. The summed E-state index contributed by atoms with van der Waals surface area (Å²) in [6, 6.07) is 11.9. The molecule has 0 aliphatic rings. The summed E-state index contributed by atoms with van der Waals surface area (Å²) in [4.78, 5) is 0. The highest BCUT2D eigenvalue weighted by Crippen LogP contribution is 2.36. The summed E-state index contributed by atoms with van der Waals surface area (Å²) >= 11 is 13.9. The maximum atomic E-state index is 5.79. The van der Waals surface area contributed by atoms with Crippen LogP contribution < -0.4 is 10.1 Å². The van der Waals surface area contributed by atoms with Gasteiger partial charge in [-0.3, -0.25) is 0 Å². The van der Waals surface area contributed by atoms with E-state index in [0.29, 0.717) is 6.61 Å². The normalized spacial score (nSPS) is 10.4. The third kappa shape index (κ3) is 4.48. The van der Waals surface area contributed by atoms with E-state index in [0.717, 1.165) is 35.9 Å². The maximum Gasteiger partial charge on any atom is 0.147 e. The lowest BCUT2D eigenvalue weighted by atomic mass is 10.3. The Morgan fingerprint density at radius 1 is 0.900 bits per heavy atom. The molecule has 0 spiro atoms. The number of hydrogen-bond donors (Lipinski definition) is 1. The zero-order valence-corrected chi connectivity index (χ0v) is 16.6. The largest absolute Gasteiger partial charge is 0.489 e. The van der Waals surface area contributed by atoms with Gasteiger partial charge in [-0.2, -0.15) is 0 Å². The number of para-hydroxylation sites is 1. The molecular formula is C14H11Br4NO. The van der Waals surface area contributed by atoms with Crippen LogP contribution in [0.5, 0.6) is 5.75 Å². The van der Waals surface area contributed by atoms with Crippen LogP contribution in [0.3, 0.4) is 0 Å². The van der Waals surface area contributed by atoms with Crippen molar-refractivity contribution >= 4 is 69.4 Å². The fourth-order valence-corrected chi connectivity index (χ4v) is 4.52. The molecule has 0 fully saturated rings. The smallest absolute Gasteiger partial charge is 0.147 e. The molecule has 0 unspecified atom stereocenters. The van der Waals surface area contributed by atoms with Crippen molar-refractivity contribution in [3.8, 4) is 5.75 Å². The minimum atomic E-state index is 0.570. The Balaban J connectivity index is 1.90. The number of nitrogens with one attached hydrogen (secondary N) is 1. The number of anilines is 1. The minimum Gasteiger partial charge on any atom is -0.489 e. The van der Waals surface area contributed by atoms with Crippen LogP contribution in [0.4, 0.5) is 5.69 Å². The third-order valence-corrected chi connectivity index (χ3v) is 4.83. The lowest BCUT2D eigenvalue weighted by molar-refractivity contribution is 0.328. The zero-order valence-electron chi connectivity index (χ0n) is 10.3. The number of ether oxygens (including phenoxy) is 1. The first-order valence-electron chi connectivity index (χ1n) is 5.83. The standard InChI is InChI=1S/C14H11Br4NO/c15-9-7-11(17)14(12(18)8-9)20-6-5-19-13-4-2-1-3-10(13)16/h1-4,7-8,19H,5-6H2. The molecule has 6 heteroatoms. The van der Waals surface area contributed by atoms with Crippen LogP contribution >= 0.6 is 63.7 Å². The van der Waals surface area contributed by atoms with Crippen molar-refractivity contribution in [3.05, 3.63) is 54.3 Å². The first-order valence-corrected chi connectivity index (χ1v) is 9.01. The monoisotopic (exact) mass is 525 g/mol. The van der Waals surface area contributed by atoms with Gasteiger partial charge in [0.05, 0.1) is 8.95 Å². The predicted octanol–water partition coefficient (Wildman–Crippen LogP) is 6.23. The van der Waals surface area contributed by atoms with Gasteiger partial charge in [0, 0.05) is 21.2 Å². The Bertz CT molecular complexity index is 580. The van der Waals surface area contributed by atoms with Gasteiger partial charge in [0.2, 0.25) is 0 Å². The quantitative estimate of drug-likeness (QED) is 0.465. The van der Waals surface area contributed by atoms with Crippen LogP contribution in [-0.2, 0) is 0 Å². The SMILES string of the molecule is Brc1cc(Br)c(OCCNc2ccccc2Br)c(Br)c1. The number of rotatable bonds is 5. The molecule has 0 amide bonds. The molecule has 106 valence electrons. The van der Waals surface area contributed by atoms with Crippen molar-refractivity contribution in [3.63, 3.8) is 0 Å². The van der Waals surface area contributed by atoms with Crippen molar-refractivity contribution < 1.29 is 4.74 Å². The summed E-state index contributed by atoms with van der Waals surface area (Å²) in [6.07, 6.45) is 0. The van der Waals surface area contributed by atoms with Gasteiger partial charge < -0.3 is 10.1 Å². The number of hydrogen-bond acceptors (Lipinski definition) is 2. The molecule has 0 bridgehead atoms. The molecule has 2 rings (SSSR count). The van der Waals surface area contributed by atoms with Crippen LogP contribution in [-0.4, -0.2) is 13.2 Å². The van der Waals surface area contributed by atoms with Crippen molar-refractivity contribution in [2.24, 2.45) is 0 Å². The van der Waals surface area contributed by atoms with Crippen LogP contribution in [0.15, 0.2) is 54.3 Å². The van der Waals surface area contributed by atoms with Gasteiger partial charge in [-0.05, 0) is 72.1 Å². The lowest BCUT2D eigenvalue weighted by Gasteiger charge is -2.12. The van der Waals surface area contributed by atoms with Crippen molar-refractivity contribution in [2.45, 2.75) is 0 Å². The third-order valence-electron chi connectivity index (χ3n) is 2.50. The second kappa shape index (κ2) is 7.82. The molecule has 0 aliphatic carbocycles. The summed E-state index contributed by atoms with van der Waals surface area (Å²) in [7, 11) is 0. The first-order chi connectivity index (χ1) is 9.58. The Morgan fingerprint density at radius 3 is 2.20 bits per heavy atom. The second-order valence-electron chi connectivity index (χ2n) is 3.95. The van der Waals surface area contributed by atoms with Crippen molar-refractivity contribution in [2.75, 3.05) is 18.5 Å². The second-order valence-corrected chi connectivity index (χ2v) is 7.43. The van der Waals surface area contributed by atoms with E-state index < -0.39 is 0 Å². The predicted molar refractivity (Wildman–Crippen MR) is 97.7 cm³/mol. The van der Waals surface area contributed by atoms with E-state index >= 15 is 0 Å². The highest BCUT2D eigenvalue weighted by Gasteiger charge is 2.08. The summed E-state index contributed by atoms with van der Waals surface area (Å²) in [5.74, 6) is 0.808. The molecular weight excluding hydrogens is 518 g/mol. The number of benzene rings is 2. The first kappa shape index (κ1) is 16.3. The highest BCUT2D eigenvalue weighted by molar-refractivity contribution is 9.11. The summed E-state index contributed by atoms with van der Waals surface area (Å²) in [6.45, 7) is 1.29. The highest BCUT2D eigenvalue weighted by atomic mass is 79.9. The molecule has 0 heterocycles. The molecule has 0 atom stereocenters. The van der Waals surface area contributed by atoms with E-state index in [2.05, 4.69) is 69.0 Å². The van der Waals surface area contributed by atoms with E-state index in [9.17, 15) is 0 Å². The van der Waals surface area contributed by atoms with E-state index in [4.69, 9.17) is 4.74 Å². The average molecular weight is 529 g/mol. The topological polar surface area (TPSA) is 21.3 Å². The molecule has 0 saturated carbocycles. The van der Waals surface area contributed by atoms with Gasteiger partial charge in [0.1, 0.15) is 12.4 Å². The van der Waals surface area contributed by atoms with E-state index in [1.54, 1.807) is 0 Å². The van der Waals surface area contributed by atoms with E-state index in [-0.39, 0.29) is 0 Å². The maximum absolute atomic E-state index is 5.79. The van der Waals surface area contributed by atoms with Crippen LogP contribution in [0.25, 0.3) is 0 Å². The fourth-order valence-electron chi connectivity index (χ4n) is 1.61. The van der Waals surface area contributed by atoms with Crippen molar-refractivity contribution in [1.29, 1.82) is 0 Å². The van der Waals surface area contributed by atoms with E-state index in [1.165, 1.54) is 0 Å². The molecule has 0 radical (unpaired) electrons. The van der Waals surface area contributed by atoms with Gasteiger partial charge in [-0.1, -0.05) is 28.1 Å². The summed E-state index contributed by atoms with van der Waals surface area (Å²) < 4.78 is 9.67. The Labute approximate surface area is 151 Å². The van der Waals surface area contributed by atoms with Gasteiger partial charge in [-0.15, -0.1) is 0 Å². The van der Waals surface area contributed by atoms with Crippen LogP contribution in [0.2, 0.25) is 0 Å². The molecule has 0 aromatic heterocycles. The Morgan fingerprint density at radius 2 is 1.55 bits per heavy atom. The average Bonchev–Trinajstić information content (AvgIpc) is 2.38. The number of halogens is 4. The molecule has 1 N–H and O–H groups in total. The molecule has 20 heavy (non-hydrogen) atoms. The minimum absolute atomic E-state index is 0.570. The molecule has 2 aromatic rings. The van der Waals surface area contributed by atoms with E-state index in [1.807, 2.05) is 36.4 Å². The van der Waals surface area contributed by atoms with Crippen molar-refractivity contribution in [1.82, 2.24) is 0 Å². The Kier molecular flexibility index (Phi) is 6.39. The fraction of sp³-hybridized carbons (Fsp3) is 0.143. The Hall–Kier alpha value is -0.0400. The van der Waals surface area contributed by atoms with Gasteiger partial charge in [-0.25, -0.2) is 0 Å². The summed E-state index contributed by atoms with van der Waals surface area (Å²) in [5.41, 5.74) is 1.06. The zero-order chi connectivity index (χ0) is 14.5. The molecule has 2 aromatic carbocycles.